The van der Waals surface area contributed by atoms with E-state index in [1.807, 2.05) is 13.8 Å². The van der Waals surface area contributed by atoms with Crippen molar-refractivity contribution >= 4 is 47.4 Å². The van der Waals surface area contributed by atoms with Crippen LogP contribution in [0.3, 0.4) is 0 Å². The van der Waals surface area contributed by atoms with Gasteiger partial charge in [0.25, 0.3) is 0 Å². The first-order valence-corrected chi connectivity index (χ1v) is 22.0. The van der Waals surface area contributed by atoms with Crippen LogP contribution in [-0.2, 0) is 44.8 Å². The molecule has 0 bridgehead atoms. The normalized spacial score (nSPS) is 16.1. The summed E-state index contributed by atoms with van der Waals surface area (Å²) in [6, 6.07) is 3.07. The second kappa shape index (κ2) is 28.5. The van der Waals surface area contributed by atoms with Gasteiger partial charge >= 0.3 is 11.9 Å². The molecule has 1 saturated heterocycles. The number of hydrogen-bond donors (Lipinski definition) is 8. The lowest BCUT2D eigenvalue weighted by molar-refractivity contribution is -0.149. The Balaban J connectivity index is 1.59. The number of amides is 6. The monoisotopic (exact) mass is 859 g/mol. The van der Waals surface area contributed by atoms with Crippen LogP contribution in [0, 0.1) is 5.92 Å². The summed E-state index contributed by atoms with van der Waals surface area (Å²) in [6.07, 6.45) is 11.0. The van der Waals surface area contributed by atoms with Crippen LogP contribution in [0.5, 0.6) is 0 Å². The van der Waals surface area contributed by atoms with Gasteiger partial charge in [-0.2, -0.15) is 0 Å². The highest BCUT2D eigenvalue weighted by Gasteiger charge is 2.39. The van der Waals surface area contributed by atoms with Gasteiger partial charge < -0.3 is 47.2 Å². The highest BCUT2D eigenvalue weighted by atomic mass is 16.4. The fourth-order valence-electron chi connectivity index (χ4n) is 7.43. The summed E-state index contributed by atoms with van der Waals surface area (Å²) < 4.78 is 0. The molecule has 2 rings (SSSR count). The Labute approximate surface area is 359 Å². The van der Waals surface area contributed by atoms with Crippen molar-refractivity contribution in [2.75, 3.05) is 6.54 Å². The molecule has 6 amide bonds. The zero-order chi connectivity index (χ0) is 45.3. The Morgan fingerprint density at radius 1 is 0.689 bits per heavy atom. The number of rotatable bonds is 31. The van der Waals surface area contributed by atoms with E-state index in [9.17, 15) is 53.7 Å². The second-order valence-electron chi connectivity index (χ2n) is 16.6. The van der Waals surface area contributed by atoms with Gasteiger partial charge in [-0.05, 0) is 50.5 Å². The van der Waals surface area contributed by atoms with Gasteiger partial charge in [0.1, 0.15) is 30.2 Å². The van der Waals surface area contributed by atoms with E-state index < -0.39 is 84.2 Å². The highest BCUT2D eigenvalue weighted by molar-refractivity contribution is 5.95. The zero-order valence-corrected chi connectivity index (χ0v) is 36.2. The van der Waals surface area contributed by atoms with Crippen LogP contribution in [-0.4, -0.2) is 110 Å². The molecule has 1 aliphatic heterocycles. The van der Waals surface area contributed by atoms with Gasteiger partial charge in [-0.15, -0.1) is 0 Å². The topological polar surface area (TPSA) is 275 Å². The number of unbranched alkanes of at least 4 members (excludes halogenated alkanes) is 11. The highest BCUT2D eigenvalue weighted by Crippen LogP contribution is 2.21. The maximum absolute atomic E-state index is 13.3. The zero-order valence-electron chi connectivity index (χ0n) is 36.2. The number of nitrogens with one attached hydrogen (secondary N) is 4. The maximum atomic E-state index is 13.3. The summed E-state index contributed by atoms with van der Waals surface area (Å²) >= 11 is 0. The molecule has 1 unspecified atom stereocenters. The van der Waals surface area contributed by atoms with Crippen LogP contribution < -0.4 is 27.0 Å². The van der Waals surface area contributed by atoms with E-state index in [-0.39, 0.29) is 44.1 Å². The molecule has 1 heterocycles. The third-order valence-corrected chi connectivity index (χ3v) is 10.7. The summed E-state index contributed by atoms with van der Waals surface area (Å²) in [5, 5.41) is 39.7. The molecule has 17 nitrogen and oxygen atoms in total. The molecule has 61 heavy (non-hydrogen) atoms. The molecular weight excluding hydrogens is 789 g/mol. The predicted octanol–water partition coefficient (Wildman–Crippen LogP) is 3.09. The summed E-state index contributed by atoms with van der Waals surface area (Å²) in [5.74, 6) is -5.86. The minimum atomic E-state index is -1.28. The number of hydrogen-bond acceptors (Lipinski definition) is 9. The minimum Gasteiger partial charge on any atom is -0.480 e. The fraction of sp³-hybridized carbons (Fsp3) is 0.682. The Morgan fingerprint density at radius 3 is 1.67 bits per heavy atom. The molecule has 1 fully saturated rings. The lowest BCUT2D eigenvalue weighted by Gasteiger charge is -2.30. The van der Waals surface area contributed by atoms with Crippen molar-refractivity contribution in [3.8, 4) is 0 Å². The maximum Gasteiger partial charge on any atom is 0.326 e. The first-order chi connectivity index (χ1) is 29.0. The number of aliphatic carboxylic acids is 2. The fourth-order valence-corrected chi connectivity index (χ4v) is 7.43. The van der Waals surface area contributed by atoms with Crippen molar-refractivity contribution < 1.29 is 53.7 Å². The number of carbonyl (C=O) groups is 8. The van der Waals surface area contributed by atoms with Crippen molar-refractivity contribution in [2.24, 2.45) is 11.7 Å². The van der Waals surface area contributed by atoms with Crippen molar-refractivity contribution in [1.29, 1.82) is 0 Å². The standard InChI is InChI=1S/C44H70N6O11/c1-29(2)26-33(42(57)50-25-19-22-35(50)44(60)61)47-41(56)39(30(3)51)49-38(54)24-18-13-11-9-7-5-4-6-8-10-12-17-23-37(53)46-32(28-36(45)52)40(55)48-34(43(58)59)27-31-20-15-14-16-21-31/h14-16,20-21,29-30,32-35,39,51H,4-13,17-19,22-28H2,1-3H3,(H2,45,52)(H,46,53)(H,47,56)(H,48,55)(H,49,54)(H,58,59)(H,60,61)/t30?,32-,33-,34-,35-,39-/m0/s1. The molecule has 9 N–H and O–H groups in total. The molecule has 0 aliphatic carbocycles. The smallest absolute Gasteiger partial charge is 0.326 e. The largest absolute Gasteiger partial charge is 0.480 e. The Bertz CT molecular complexity index is 1570. The van der Waals surface area contributed by atoms with Gasteiger partial charge in [-0.3, -0.25) is 28.8 Å². The summed E-state index contributed by atoms with van der Waals surface area (Å²) in [7, 11) is 0. The summed E-state index contributed by atoms with van der Waals surface area (Å²) in [6.45, 7) is 5.44. The van der Waals surface area contributed by atoms with Crippen LogP contribution in [0.25, 0.3) is 0 Å². The first kappa shape index (κ1) is 52.1. The first-order valence-electron chi connectivity index (χ1n) is 22.0. The average molecular weight is 859 g/mol. The predicted molar refractivity (Wildman–Crippen MR) is 227 cm³/mol. The van der Waals surface area contributed by atoms with Crippen molar-refractivity contribution in [1.82, 2.24) is 26.2 Å². The number of nitrogens with two attached hydrogens (primary N) is 1. The summed E-state index contributed by atoms with van der Waals surface area (Å²) in [5.41, 5.74) is 6.00. The van der Waals surface area contributed by atoms with Crippen LogP contribution in [0.4, 0.5) is 0 Å². The second-order valence-corrected chi connectivity index (χ2v) is 16.6. The van der Waals surface area contributed by atoms with Gasteiger partial charge in [0.2, 0.25) is 35.4 Å². The Kier molecular flexibility index (Phi) is 24.3. The molecule has 0 spiro atoms. The number of benzene rings is 1. The molecule has 1 aromatic carbocycles. The van der Waals surface area contributed by atoms with Crippen molar-refractivity contribution in [3.05, 3.63) is 35.9 Å². The third kappa shape index (κ3) is 20.8. The number of nitrogens with zero attached hydrogens (tertiary/aromatic N) is 1. The molecule has 6 atom stereocenters. The lowest BCUT2D eigenvalue weighted by Crippen LogP contribution is -2.58. The molecule has 342 valence electrons. The molecule has 1 aliphatic rings. The number of aliphatic hydroxyl groups excluding tert-OH is 1. The number of likely N-dealkylation sites (tertiary alicyclic amines) is 1. The Hall–Kier alpha value is -5.06. The quantitative estimate of drug-likeness (QED) is 0.0503. The average Bonchev–Trinajstić information content (AvgIpc) is 3.69. The number of carboxylic acid groups (broad SMARTS) is 2. The molecular formula is C44H70N6O11. The molecule has 1 aromatic rings. The van der Waals surface area contributed by atoms with Crippen LogP contribution >= 0.6 is 0 Å². The van der Waals surface area contributed by atoms with Gasteiger partial charge in [-0.25, -0.2) is 9.59 Å². The van der Waals surface area contributed by atoms with Gasteiger partial charge in [-0.1, -0.05) is 108 Å². The van der Waals surface area contributed by atoms with Crippen molar-refractivity contribution in [3.63, 3.8) is 0 Å². The van der Waals surface area contributed by atoms with E-state index in [0.717, 1.165) is 64.2 Å². The van der Waals surface area contributed by atoms with Gasteiger partial charge in [0.05, 0.1) is 12.5 Å². The van der Waals surface area contributed by atoms with Crippen molar-refractivity contribution in [2.45, 2.75) is 179 Å². The van der Waals surface area contributed by atoms with Gasteiger partial charge in [0.15, 0.2) is 0 Å². The molecule has 0 saturated carbocycles. The lowest BCUT2D eigenvalue weighted by atomic mass is 10.0. The summed E-state index contributed by atoms with van der Waals surface area (Å²) in [4.78, 5) is 101. The van der Waals surface area contributed by atoms with E-state index in [2.05, 4.69) is 21.3 Å². The van der Waals surface area contributed by atoms with E-state index in [1.165, 1.54) is 11.8 Å². The van der Waals surface area contributed by atoms with Crippen LogP contribution in [0.15, 0.2) is 30.3 Å². The molecule has 0 radical (unpaired) electrons. The van der Waals surface area contributed by atoms with E-state index in [4.69, 9.17) is 5.73 Å². The number of primary amides is 1. The van der Waals surface area contributed by atoms with Crippen LogP contribution in [0.1, 0.15) is 142 Å². The molecule has 0 aromatic heterocycles. The van der Waals surface area contributed by atoms with E-state index >= 15 is 0 Å². The van der Waals surface area contributed by atoms with Crippen LogP contribution in [0.2, 0.25) is 0 Å². The van der Waals surface area contributed by atoms with E-state index in [0.29, 0.717) is 31.2 Å². The number of aliphatic hydroxyl groups is 1. The molecule has 17 heteroatoms. The third-order valence-electron chi connectivity index (χ3n) is 10.7. The van der Waals surface area contributed by atoms with Gasteiger partial charge in [0, 0.05) is 25.8 Å². The Morgan fingerprint density at radius 2 is 1.20 bits per heavy atom. The van der Waals surface area contributed by atoms with E-state index in [1.54, 1.807) is 30.3 Å². The number of carboxylic acids is 2. The SMILES string of the molecule is CC(C)C[C@H](NC(=O)[C@@H](NC(=O)CCCCCCCCCCCCCCC(=O)N[C@@H](CC(N)=O)C(=O)N[C@@H](Cc1ccccc1)C(=O)O)C(C)O)C(=O)N1CCC[C@H]1C(=O)O. The number of carbonyl (C=O) groups excluding carboxylic acids is 6. The minimum absolute atomic E-state index is 0.0169.